The van der Waals surface area contributed by atoms with Crippen molar-refractivity contribution in [2.45, 2.75) is 0 Å². The van der Waals surface area contributed by atoms with Crippen molar-refractivity contribution in [2.24, 2.45) is 0 Å². The van der Waals surface area contributed by atoms with Crippen LogP contribution in [0.1, 0.15) is 11.1 Å². The maximum absolute atomic E-state index is 6.42. The predicted octanol–water partition coefficient (Wildman–Crippen LogP) is 11.4. The highest BCUT2D eigenvalue weighted by atomic mass is 16.5. The van der Waals surface area contributed by atoms with Crippen LogP contribution in [0.25, 0.3) is 44.7 Å². The molecule has 0 fully saturated rings. The van der Waals surface area contributed by atoms with E-state index in [2.05, 4.69) is 121 Å². The monoisotopic (exact) mass is 565 g/mol. The minimum absolute atomic E-state index is 0.801. The second-order valence-corrected chi connectivity index (χ2v) is 10.8. The molecule has 1 aliphatic heterocycles. The van der Waals surface area contributed by atoms with Gasteiger partial charge in [-0.2, -0.15) is 0 Å². The van der Waals surface area contributed by atoms with E-state index in [1.54, 1.807) is 0 Å². The number of hydrogen-bond acceptors (Lipinski definition) is 2. The Bertz CT molecular complexity index is 2030. The van der Waals surface area contributed by atoms with Crippen molar-refractivity contribution < 1.29 is 4.74 Å². The molecule has 210 valence electrons. The maximum Gasteiger partial charge on any atom is 0.135 e. The zero-order valence-electron chi connectivity index (χ0n) is 24.3. The normalized spacial score (nSPS) is 14.3. The maximum atomic E-state index is 6.42. The van der Waals surface area contributed by atoms with Crippen molar-refractivity contribution in [3.05, 3.63) is 188 Å². The van der Waals surface area contributed by atoms with Crippen molar-refractivity contribution >= 4 is 22.7 Å². The molecule has 7 rings (SSSR count). The second-order valence-electron chi connectivity index (χ2n) is 10.8. The van der Waals surface area contributed by atoms with Gasteiger partial charge in [-0.1, -0.05) is 128 Å². The average Bonchev–Trinajstić information content (AvgIpc) is 3.08. The molecular formula is C42H31NO. The molecule has 0 saturated heterocycles. The average molecular weight is 566 g/mol. The van der Waals surface area contributed by atoms with Gasteiger partial charge in [0.1, 0.15) is 11.5 Å². The van der Waals surface area contributed by atoms with Gasteiger partial charge in [-0.15, -0.1) is 0 Å². The molecule has 6 aromatic rings. The van der Waals surface area contributed by atoms with E-state index in [1.165, 1.54) is 16.7 Å². The summed E-state index contributed by atoms with van der Waals surface area (Å²) in [5.41, 5.74) is 12.0. The molecule has 6 aromatic carbocycles. The van der Waals surface area contributed by atoms with Crippen molar-refractivity contribution in [2.75, 3.05) is 5.32 Å². The highest BCUT2D eigenvalue weighted by Crippen LogP contribution is 2.36. The van der Waals surface area contributed by atoms with Gasteiger partial charge in [0.25, 0.3) is 0 Å². The van der Waals surface area contributed by atoms with Crippen molar-refractivity contribution in [1.29, 1.82) is 0 Å². The molecule has 1 aliphatic rings. The Labute approximate surface area is 258 Å². The standard InChI is InChI=1S/C42H31NO/c1-30-13-9-26-41(44-42-25-8-6-22-38(30)42)36-19-12-17-34(29-36)32-15-10-14-31(27-32)33-16-11-18-35(28-33)39-23-5-7-24-40(39)43-37-20-3-2-4-21-37/h2-29,43H,1H2/b13-9-,41-26-. The minimum atomic E-state index is 0.801. The van der Waals surface area contributed by atoms with Crippen LogP contribution < -0.4 is 10.1 Å². The van der Waals surface area contributed by atoms with Crippen LogP contribution in [0.15, 0.2) is 176 Å². The first-order valence-corrected chi connectivity index (χ1v) is 14.8. The molecule has 1 heterocycles. The first kappa shape index (κ1) is 27.0. The van der Waals surface area contributed by atoms with Crippen molar-refractivity contribution in [3.8, 4) is 39.1 Å². The zero-order valence-corrected chi connectivity index (χ0v) is 24.3. The molecule has 0 saturated carbocycles. The Morgan fingerprint density at radius 1 is 0.477 bits per heavy atom. The van der Waals surface area contributed by atoms with E-state index >= 15 is 0 Å². The van der Waals surface area contributed by atoms with Gasteiger partial charge < -0.3 is 10.1 Å². The number of rotatable bonds is 6. The van der Waals surface area contributed by atoms with Gasteiger partial charge in [-0.05, 0) is 81.9 Å². The number of fused-ring (bicyclic) bond motifs is 1. The predicted molar refractivity (Wildman–Crippen MR) is 186 cm³/mol. The van der Waals surface area contributed by atoms with Gasteiger partial charge in [0.15, 0.2) is 0 Å². The number of nitrogens with one attached hydrogen (secondary N) is 1. The van der Waals surface area contributed by atoms with Crippen LogP contribution in [-0.4, -0.2) is 0 Å². The summed E-state index contributed by atoms with van der Waals surface area (Å²) >= 11 is 0. The topological polar surface area (TPSA) is 21.3 Å². The van der Waals surface area contributed by atoms with Gasteiger partial charge in [0.05, 0.1) is 0 Å². The van der Waals surface area contributed by atoms with E-state index in [-0.39, 0.29) is 0 Å². The lowest BCUT2D eigenvalue weighted by atomic mass is 9.95. The molecule has 0 spiro atoms. The van der Waals surface area contributed by atoms with Crippen LogP contribution in [0, 0.1) is 0 Å². The fourth-order valence-corrected chi connectivity index (χ4v) is 5.59. The Balaban J connectivity index is 1.20. The molecule has 0 atom stereocenters. The Morgan fingerprint density at radius 3 is 1.75 bits per heavy atom. The molecule has 1 N–H and O–H groups in total. The summed E-state index contributed by atoms with van der Waals surface area (Å²) in [7, 11) is 0. The molecule has 2 heteroatoms. The molecule has 2 nitrogen and oxygen atoms in total. The van der Waals surface area contributed by atoms with Crippen LogP contribution in [-0.2, 0) is 0 Å². The smallest absolute Gasteiger partial charge is 0.135 e. The minimum Gasteiger partial charge on any atom is -0.456 e. The van der Waals surface area contributed by atoms with Crippen LogP contribution in [0.4, 0.5) is 11.4 Å². The molecule has 0 aromatic heterocycles. The highest BCUT2D eigenvalue weighted by Gasteiger charge is 2.13. The second kappa shape index (κ2) is 12.2. The Hall–Kier alpha value is -5.86. The summed E-state index contributed by atoms with van der Waals surface area (Å²) in [6.45, 7) is 4.19. The van der Waals surface area contributed by atoms with E-state index in [0.717, 1.165) is 56.3 Å². The van der Waals surface area contributed by atoms with Crippen LogP contribution in [0.2, 0.25) is 0 Å². The number of para-hydroxylation sites is 3. The van der Waals surface area contributed by atoms with Crippen LogP contribution in [0.5, 0.6) is 5.75 Å². The number of hydrogen-bond donors (Lipinski definition) is 1. The molecule has 0 unspecified atom stereocenters. The van der Waals surface area contributed by atoms with E-state index < -0.39 is 0 Å². The Kier molecular flexibility index (Phi) is 7.47. The van der Waals surface area contributed by atoms with Crippen molar-refractivity contribution in [3.63, 3.8) is 0 Å². The largest absolute Gasteiger partial charge is 0.456 e. The third-order valence-electron chi connectivity index (χ3n) is 7.83. The molecule has 0 aliphatic carbocycles. The summed E-state index contributed by atoms with van der Waals surface area (Å²) in [5.74, 6) is 1.61. The molecule has 44 heavy (non-hydrogen) atoms. The number of ether oxygens (including phenoxy) is 1. The fraction of sp³-hybridized carbons (Fsp3) is 0. The SMILES string of the molecule is C=C1/C=C\C=C(\c2cccc(-c3cccc(-c4cccc(-c5ccccc5Nc5ccccc5)c4)c3)c2)Oc2ccccc21. The first-order chi connectivity index (χ1) is 21.7. The van der Waals surface area contributed by atoms with E-state index in [1.807, 2.05) is 60.7 Å². The third-order valence-corrected chi connectivity index (χ3v) is 7.83. The molecule has 0 bridgehead atoms. The number of anilines is 2. The van der Waals surface area contributed by atoms with Gasteiger partial charge >= 0.3 is 0 Å². The first-order valence-electron chi connectivity index (χ1n) is 14.8. The van der Waals surface area contributed by atoms with Gasteiger partial charge in [0, 0.05) is 28.1 Å². The molecular weight excluding hydrogens is 534 g/mol. The van der Waals surface area contributed by atoms with Crippen molar-refractivity contribution in [1.82, 2.24) is 0 Å². The number of allylic oxidation sites excluding steroid dienone is 4. The highest BCUT2D eigenvalue weighted by molar-refractivity contribution is 5.85. The quantitative estimate of drug-likeness (QED) is 0.217. The summed E-state index contributed by atoms with van der Waals surface area (Å²) in [5, 5.41) is 3.58. The summed E-state index contributed by atoms with van der Waals surface area (Å²) in [6.07, 6.45) is 6.03. The lowest BCUT2D eigenvalue weighted by molar-refractivity contribution is 0.513. The van der Waals surface area contributed by atoms with Gasteiger partial charge in [-0.3, -0.25) is 0 Å². The fourth-order valence-electron chi connectivity index (χ4n) is 5.59. The molecule has 0 radical (unpaired) electrons. The lowest BCUT2D eigenvalue weighted by Gasteiger charge is -2.17. The summed E-state index contributed by atoms with van der Waals surface area (Å²) < 4.78 is 6.42. The van der Waals surface area contributed by atoms with Gasteiger partial charge in [-0.25, -0.2) is 0 Å². The van der Waals surface area contributed by atoms with Crippen LogP contribution >= 0.6 is 0 Å². The van der Waals surface area contributed by atoms with E-state index in [0.29, 0.717) is 0 Å². The molecule has 0 amide bonds. The van der Waals surface area contributed by atoms with E-state index in [4.69, 9.17) is 4.74 Å². The zero-order chi connectivity index (χ0) is 29.7. The van der Waals surface area contributed by atoms with E-state index in [9.17, 15) is 0 Å². The Morgan fingerprint density at radius 2 is 1.02 bits per heavy atom. The third kappa shape index (κ3) is 5.74. The van der Waals surface area contributed by atoms with Gasteiger partial charge in [0.2, 0.25) is 0 Å². The number of benzene rings is 6. The summed E-state index contributed by atoms with van der Waals surface area (Å²) in [4.78, 5) is 0. The van der Waals surface area contributed by atoms with Crippen LogP contribution in [0.3, 0.4) is 0 Å². The summed E-state index contributed by atoms with van der Waals surface area (Å²) in [6, 6.07) is 52.8. The lowest BCUT2D eigenvalue weighted by Crippen LogP contribution is -1.99.